The Bertz CT molecular complexity index is 458. The van der Waals surface area contributed by atoms with Gasteiger partial charge >= 0.3 is 5.97 Å². The maximum atomic E-state index is 13.2. The van der Waals surface area contributed by atoms with Crippen molar-refractivity contribution in [2.45, 2.75) is 13.5 Å². The molecule has 1 aromatic carbocycles. The number of benzene rings is 1. The van der Waals surface area contributed by atoms with Crippen LogP contribution in [0.15, 0.2) is 29.8 Å². The maximum Gasteiger partial charge on any atom is 0.333 e. The lowest BCUT2D eigenvalue weighted by atomic mass is 10.2. The number of esters is 1. The molecule has 0 atom stereocenters. The number of halogens is 2. The highest BCUT2D eigenvalue weighted by atomic mass is 19.1. The molecule has 0 amide bonds. The number of carbonyl (C=O) groups is 1. The summed E-state index contributed by atoms with van der Waals surface area (Å²) < 4.78 is 30.4. The molecule has 0 fully saturated rings. The fourth-order valence-electron chi connectivity index (χ4n) is 1.34. The molecule has 0 unspecified atom stereocenters. The second-order valence-electron chi connectivity index (χ2n) is 3.75. The molecule has 1 N–H and O–H groups in total. The first kappa shape index (κ1) is 14.3. The van der Waals surface area contributed by atoms with E-state index in [2.05, 4.69) is 10.1 Å². The van der Waals surface area contributed by atoms with E-state index in [4.69, 9.17) is 0 Å². The van der Waals surface area contributed by atoms with E-state index < -0.39 is 17.6 Å². The number of carbonyl (C=O) groups excluding carboxylic acids is 1. The molecule has 0 radical (unpaired) electrons. The van der Waals surface area contributed by atoms with Gasteiger partial charge in [0.15, 0.2) is 0 Å². The summed E-state index contributed by atoms with van der Waals surface area (Å²) in [7, 11) is 1.31. The lowest BCUT2D eigenvalue weighted by Crippen LogP contribution is -2.15. The first-order valence-electron chi connectivity index (χ1n) is 5.44. The summed E-state index contributed by atoms with van der Waals surface area (Å²) in [5.74, 6) is -1.58. The predicted molar refractivity (Wildman–Crippen MR) is 63.8 cm³/mol. The van der Waals surface area contributed by atoms with Crippen molar-refractivity contribution in [2.75, 3.05) is 13.7 Å². The van der Waals surface area contributed by atoms with Crippen molar-refractivity contribution < 1.29 is 18.3 Å². The minimum atomic E-state index is -0.599. The highest BCUT2D eigenvalue weighted by Crippen LogP contribution is 2.08. The van der Waals surface area contributed by atoms with Crippen LogP contribution in [0.2, 0.25) is 0 Å². The average Bonchev–Trinajstić information content (AvgIpc) is 2.35. The highest BCUT2D eigenvalue weighted by Gasteiger charge is 2.04. The minimum Gasteiger partial charge on any atom is -0.466 e. The number of hydrogen-bond acceptors (Lipinski definition) is 3. The molecule has 0 spiro atoms. The molecule has 0 bridgehead atoms. The van der Waals surface area contributed by atoms with Crippen LogP contribution in [0.25, 0.3) is 0 Å². The Labute approximate surface area is 104 Å². The van der Waals surface area contributed by atoms with Crippen molar-refractivity contribution in [1.82, 2.24) is 5.32 Å². The highest BCUT2D eigenvalue weighted by molar-refractivity contribution is 5.87. The molecule has 0 aromatic heterocycles. The third-order valence-corrected chi connectivity index (χ3v) is 2.39. The summed E-state index contributed by atoms with van der Waals surface area (Å²) in [5, 5.41) is 2.93. The lowest BCUT2D eigenvalue weighted by molar-refractivity contribution is -0.136. The number of hydrogen-bond donors (Lipinski definition) is 1. The van der Waals surface area contributed by atoms with Gasteiger partial charge in [0, 0.05) is 30.3 Å². The van der Waals surface area contributed by atoms with Crippen LogP contribution in [-0.4, -0.2) is 19.6 Å². The third kappa shape index (κ3) is 4.25. The Balaban J connectivity index is 2.45. The van der Waals surface area contributed by atoms with Gasteiger partial charge in [-0.3, -0.25) is 0 Å². The van der Waals surface area contributed by atoms with Crippen molar-refractivity contribution >= 4 is 5.97 Å². The van der Waals surface area contributed by atoms with Gasteiger partial charge in [-0.2, -0.15) is 0 Å². The van der Waals surface area contributed by atoms with Gasteiger partial charge in [0.05, 0.1) is 7.11 Å². The monoisotopic (exact) mass is 255 g/mol. The summed E-state index contributed by atoms with van der Waals surface area (Å²) in [4.78, 5) is 11.0. The zero-order valence-electron chi connectivity index (χ0n) is 10.3. The van der Waals surface area contributed by atoms with E-state index in [-0.39, 0.29) is 6.54 Å². The van der Waals surface area contributed by atoms with Crippen molar-refractivity contribution in [1.29, 1.82) is 0 Å². The zero-order chi connectivity index (χ0) is 13.5. The van der Waals surface area contributed by atoms with E-state index in [0.29, 0.717) is 17.7 Å². The van der Waals surface area contributed by atoms with Crippen molar-refractivity contribution in [3.63, 3.8) is 0 Å². The zero-order valence-corrected chi connectivity index (χ0v) is 10.3. The molecule has 18 heavy (non-hydrogen) atoms. The Hall–Kier alpha value is -1.75. The van der Waals surface area contributed by atoms with Gasteiger partial charge < -0.3 is 10.1 Å². The van der Waals surface area contributed by atoms with Crippen molar-refractivity contribution in [3.05, 3.63) is 47.0 Å². The fourth-order valence-corrected chi connectivity index (χ4v) is 1.34. The van der Waals surface area contributed by atoms with Crippen LogP contribution in [0.4, 0.5) is 8.78 Å². The Morgan fingerprint density at radius 3 is 2.78 bits per heavy atom. The van der Waals surface area contributed by atoms with Gasteiger partial charge in [-0.25, -0.2) is 13.6 Å². The largest absolute Gasteiger partial charge is 0.466 e. The molecule has 1 rings (SSSR count). The van der Waals surface area contributed by atoms with Gasteiger partial charge in [-0.05, 0) is 13.0 Å². The fraction of sp³-hybridized carbons (Fsp3) is 0.308. The van der Waals surface area contributed by atoms with Crippen molar-refractivity contribution in [3.8, 4) is 0 Å². The Kier molecular flexibility index (Phi) is 5.45. The molecule has 3 nitrogen and oxygen atoms in total. The molecule has 1 aromatic rings. The van der Waals surface area contributed by atoms with E-state index in [1.54, 1.807) is 13.0 Å². The molecule has 0 saturated heterocycles. The van der Waals surface area contributed by atoms with Crippen LogP contribution in [-0.2, 0) is 16.1 Å². The van der Waals surface area contributed by atoms with Crippen LogP contribution >= 0.6 is 0 Å². The number of methoxy groups -OCH3 is 1. The van der Waals surface area contributed by atoms with E-state index in [1.165, 1.54) is 19.2 Å². The minimum absolute atomic E-state index is 0.261. The SMILES string of the molecule is COC(=O)/C(C)=C/CNCc1ccc(F)cc1F. The molecule has 0 aliphatic heterocycles. The molecule has 5 heteroatoms. The smallest absolute Gasteiger partial charge is 0.333 e. The van der Waals surface area contributed by atoms with Gasteiger partial charge in [0.1, 0.15) is 11.6 Å². The predicted octanol–water partition coefficient (Wildman–Crippen LogP) is 2.17. The topological polar surface area (TPSA) is 38.3 Å². The average molecular weight is 255 g/mol. The van der Waals surface area contributed by atoms with E-state index >= 15 is 0 Å². The standard InChI is InChI=1S/C13H15F2NO2/c1-9(13(17)18-2)5-6-16-8-10-3-4-11(14)7-12(10)15/h3-5,7,16H,6,8H2,1-2H3/b9-5+. The summed E-state index contributed by atoms with van der Waals surface area (Å²) in [6.45, 7) is 2.29. The van der Waals surface area contributed by atoms with Crippen molar-refractivity contribution in [2.24, 2.45) is 0 Å². The normalized spacial score (nSPS) is 11.4. The first-order chi connectivity index (χ1) is 8.54. The van der Waals surface area contributed by atoms with Crippen LogP contribution in [0, 0.1) is 11.6 Å². The second-order valence-corrected chi connectivity index (χ2v) is 3.75. The summed E-state index contributed by atoms with van der Waals surface area (Å²) in [6, 6.07) is 3.43. The van der Waals surface area contributed by atoms with Gasteiger partial charge in [0.25, 0.3) is 0 Å². The van der Waals surface area contributed by atoms with Crippen LogP contribution in [0.3, 0.4) is 0 Å². The maximum absolute atomic E-state index is 13.2. The number of ether oxygens (including phenoxy) is 1. The first-order valence-corrected chi connectivity index (χ1v) is 5.44. The summed E-state index contributed by atoms with van der Waals surface area (Å²) in [6.07, 6.45) is 1.65. The lowest BCUT2D eigenvalue weighted by Gasteiger charge is -2.04. The molecular formula is C13H15F2NO2. The summed E-state index contributed by atoms with van der Waals surface area (Å²) >= 11 is 0. The van der Waals surface area contributed by atoms with E-state index in [1.807, 2.05) is 0 Å². The van der Waals surface area contributed by atoms with Crippen LogP contribution < -0.4 is 5.32 Å². The molecule has 98 valence electrons. The van der Waals surface area contributed by atoms with E-state index in [9.17, 15) is 13.6 Å². The van der Waals surface area contributed by atoms with Crippen LogP contribution in [0.5, 0.6) is 0 Å². The Morgan fingerprint density at radius 2 is 2.17 bits per heavy atom. The Morgan fingerprint density at radius 1 is 1.44 bits per heavy atom. The van der Waals surface area contributed by atoms with Crippen LogP contribution in [0.1, 0.15) is 12.5 Å². The van der Waals surface area contributed by atoms with Gasteiger partial charge in [-0.1, -0.05) is 12.1 Å². The molecule has 0 saturated carbocycles. The van der Waals surface area contributed by atoms with Gasteiger partial charge in [-0.15, -0.1) is 0 Å². The third-order valence-electron chi connectivity index (χ3n) is 2.39. The number of nitrogens with one attached hydrogen (secondary N) is 1. The van der Waals surface area contributed by atoms with E-state index in [0.717, 1.165) is 6.07 Å². The quantitative estimate of drug-likeness (QED) is 0.498. The molecule has 0 aliphatic carbocycles. The molecule has 0 heterocycles. The van der Waals surface area contributed by atoms with Gasteiger partial charge in [0.2, 0.25) is 0 Å². The second kappa shape index (κ2) is 6.86. The molecular weight excluding hydrogens is 240 g/mol. The molecule has 0 aliphatic rings. The summed E-state index contributed by atoms with van der Waals surface area (Å²) in [5.41, 5.74) is 0.852. The number of rotatable bonds is 5.